The average molecular weight is 279 g/mol. The lowest BCUT2D eigenvalue weighted by Gasteiger charge is -2.22. The molecule has 5 heteroatoms. The molecule has 0 aliphatic rings. The van der Waals surface area contributed by atoms with Crippen molar-refractivity contribution in [1.82, 2.24) is 4.90 Å². The van der Waals surface area contributed by atoms with E-state index in [-0.39, 0.29) is 0 Å². The molecule has 0 aromatic heterocycles. The molecular weight excluding hydrogens is 258 g/mol. The third-order valence-electron chi connectivity index (χ3n) is 3.00. The van der Waals surface area contributed by atoms with E-state index in [1.165, 1.54) is 14.2 Å². The molecule has 0 saturated heterocycles. The number of esters is 1. The van der Waals surface area contributed by atoms with Crippen molar-refractivity contribution in [3.63, 3.8) is 0 Å². The summed E-state index contributed by atoms with van der Waals surface area (Å²) < 4.78 is 9.53. The number of rotatable bonds is 6. The molecule has 110 valence electrons. The Hall–Kier alpha value is -2.04. The number of hydrogen-bond donors (Lipinski definition) is 0. The molecule has 0 radical (unpaired) electrons. The van der Waals surface area contributed by atoms with Crippen molar-refractivity contribution in [2.24, 2.45) is 0 Å². The van der Waals surface area contributed by atoms with Crippen LogP contribution in [0.25, 0.3) is 0 Å². The van der Waals surface area contributed by atoms with Gasteiger partial charge in [-0.15, -0.1) is 0 Å². The van der Waals surface area contributed by atoms with Crippen LogP contribution in [-0.4, -0.2) is 37.7 Å². The molecule has 1 aromatic carbocycles. The van der Waals surface area contributed by atoms with Gasteiger partial charge in [0.2, 0.25) is 0 Å². The number of carbonyl (C=O) groups is 2. The highest BCUT2D eigenvalue weighted by Gasteiger charge is 2.18. The first kappa shape index (κ1) is 16.0. The fraction of sp³-hybridized carbons (Fsp3) is 0.467. The van der Waals surface area contributed by atoms with Gasteiger partial charge in [0, 0.05) is 13.1 Å². The predicted octanol–water partition coefficient (Wildman–Crippen LogP) is 2.84. The van der Waals surface area contributed by atoms with Crippen LogP contribution < -0.4 is 0 Å². The first-order valence-corrected chi connectivity index (χ1v) is 6.63. The molecule has 0 bridgehead atoms. The molecule has 1 rings (SSSR count). The molecule has 0 fully saturated rings. The van der Waals surface area contributed by atoms with Crippen LogP contribution in [0.1, 0.15) is 35.7 Å². The number of ether oxygens (including phenoxy) is 2. The third-order valence-corrected chi connectivity index (χ3v) is 3.00. The lowest BCUT2D eigenvalue weighted by atomic mass is 10.1. The normalized spacial score (nSPS) is 9.95. The number of benzene rings is 1. The molecule has 0 aliphatic carbocycles. The Kier molecular flexibility index (Phi) is 6.56. The highest BCUT2D eigenvalue weighted by atomic mass is 16.5. The summed E-state index contributed by atoms with van der Waals surface area (Å²) in [4.78, 5) is 25.1. The fourth-order valence-electron chi connectivity index (χ4n) is 1.89. The molecule has 0 atom stereocenters. The van der Waals surface area contributed by atoms with Crippen LogP contribution >= 0.6 is 0 Å². The molecule has 0 N–H and O–H groups in total. The topological polar surface area (TPSA) is 55.8 Å². The van der Waals surface area contributed by atoms with Crippen LogP contribution in [0.5, 0.6) is 0 Å². The third kappa shape index (κ3) is 4.26. The maximum atomic E-state index is 11.8. The first-order valence-electron chi connectivity index (χ1n) is 6.63. The second-order valence-electron chi connectivity index (χ2n) is 4.39. The van der Waals surface area contributed by atoms with Gasteiger partial charge in [0.05, 0.1) is 19.8 Å². The van der Waals surface area contributed by atoms with Gasteiger partial charge in [-0.05, 0) is 18.1 Å². The van der Waals surface area contributed by atoms with Crippen LogP contribution in [0.2, 0.25) is 0 Å². The predicted molar refractivity (Wildman–Crippen MR) is 75.5 cm³/mol. The van der Waals surface area contributed by atoms with E-state index in [4.69, 9.17) is 9.47 Å². The monoisotopic (exact) mass is 279 g/mol. The molecule has 0 saturated carbocycles. The number of nitrogens with zero attached hydrogens (tertiary/aromatic N) is 1. The molecule has 20 heavy (non-hydrogen) atoms. The second-order valence-corrected chi connectivity index (χ2v) is 4.39. The Morgan fingerprint density at radius 2 is 1.85 bits per heavy atom. The minimum absolute atomic E-state index is 0.331. The largest absolute Gasteiger partial charge is 0.465 e. The molecule has 0 unspecified atom stereocenters. The molecule has 1 amide bonds. The quantitative estimate of drug-likeness (QED) is 0.751. The highest BCUT2D eigenvalue weighted by Crippen LogP contribution is 2.14. The summed E-state index contributed by atoms with van der Waals surface area (Å²) in [5, 5.41) is 0. The number of methoxy groups -OCH3 is 2. The van der Waals surface area contributed by atoms with Gasteiger partial charge in [0.15, 0.2) is 0 Å². The van der Waals surface area contributed by atoms with Crippen molar-refractivity contribution >= 4 is 12.1 Å². The van der Waals surface area contributed by atoms with Gasteiger partial charge in [-0.2, -0.15) is 0 Å². The summed E-state index contributed by atoms with van der Waals surface area (Å²) in [6.07, 6.45) is 1.47. The first-order chi connectivity index (χ1) is 9.63. The Labute approximate surface area is 119 Å². The maximum absolute atomic E-state index is 11.8. The zero-order valence-corrected chi connectivity index (χ0v) is 12.2. The molecule has 0 aliphatic heterocycles. The van der Waals surface area contributed by atoms with Gasteiger partial charge in [-0.1, -0.05) is 31.5 Å². The van der Waals surface area contributed by atoms with Gasteiger partial charge < -0.3 is 14.4 Å². The van der Waals surface area contributed by atoms with E-state index in [0.717, 1.165) is 18.4 Å². The second kappa shape index (κ2) is 8.19. The van der Waals surface area contributed by atoms with Crippen molar-refractivity contribution in [3.8, 4) is 0 Å². The number of amides is 1. The SMILES string of the molecule is CCCCN(Cc1ccccc1C(=O)OC)C(=O)OC. The van der Waals surface area contributed by atoms with Crippen LogP contribution in [0.3, 0.4) is 0 Å². The number of hydrogen-bond acceptors (Lipinski definition) is 4. The minimum Gasteiger partial charge on any atom is -0.465 e. The van der Waals surface area contributed by atoms with E-state index in [1.54, 1.807) is 17.0 Å². The Bertz CT molecular complexity index is 459. The van der Waals surface area contributed by atoms with E-state index >= 15 is 0 Å². The Balaban J connectivity index is 2.92. The van der Waals surface area contributed by atoms with E-state index in [0.29, 0.717) is 18.7 Å². The molecular formula is C15H21NO4. The van der Waals surface area contributed by atoms with Gasteiger partial charge in [-0.25, -0.2) is 9.59 Å². The highest BCUT2D eigenvalue weighted by molar-refractivity contribution is 5.91. The van der Waals surface area contributed by atoms with Crippen LogP contribution in [0.4, 0.5) is 4.79 Å². The zero-order chi connectivity index (χ0) is 15.0. The fourth-order valence-corrected chi connectivity index (χ4v) is 1.89. The van der Waals surface area contributed by atoms with Crippen molar-refractivity contribution < 1.29 is 19.1 Å². The lowest BCUT2D eigenvalue weighted by molar-refractivity contribution is 0.0597. The molecule has 1 aromatic rings. The van der Waals surface area contributed by atoms with Crippen molar-refractivity contribution in [2.75, 3.05) is 20.8 Å². The van der Waals surface area contributed by atoms with Crippen molar-refractivity contribution in [1.29, 1.82) is 0 Å². The molecule has 0 spiro atoms. The van der Waals surface area contributed by atoms with Crippen molar-refractivity contribution in [3.05, 3.63) is 35.4 Å². The summed E-state index contributed by atoms with van der Waals surface area (Å²) in [6.45, 7) is 2.98. The van der Waals surface area contributed by atoms with Crippen LogP contribution in [-0.2, 0) is 16.0 Å². The Morgan fingerprint density at radius 1 is 1.15 bits per heavy atom. The Morgan fingerprint density at radius 3 is 2.45 bits per heavy atom. The standard InChI is InChI=1S/C15H21NO4/c1-4-5-10-16(15(18)20-3)11-12-8-6-7-9-13(12)14(17)19-2/h6-9H,4-5,10-11H2,1-3H3. The van der Waals surface area contributed by atoms with Gasteiger partial charge in [0.1, 0.15) is 0 Å². The molecule has 0 heterocycles. The summed E-state index contributed by atoms with van der Waals surface area (Å²) in [7, 11) is 2.70. The summed E-state index contributed by atoms with van der Waals surface area (Å²) in [5.41, 5.74) is 1.22. The summed E-state index contributed by atoms with van der Waals surface area (Å²) in [5.74, 6) is -0.402. The van der Waals surface area contributed by atoms with E-state index < -0.39 is 12.1 Å². The number of carbonyl (C=O) groups excluding carboxylic acids is 2. The minimum atomic E-state index is -0.402. The maximum Gasteiger partial charge on any atom is 0.409 e. The van der Waals surface area contributed by atoms with Crippen LogP contribution in [0, 0.1) is 0 Å². The lowest BCUT2D eigenvalue weighted by Crippen LogP contribution is -2.32. The molecule has 5 nitrogen and oxygen atoms in total. The van der Waals surface area contributed by atoms with Gasteiger partial charge >= 0.3 is 12.1 Å². The van der Waals surface area contributed by atoms with Crippen LogP contribution in [0.15, 0.2) is 24.3 Å². The van der Waals surface area contributed by atoms with Gasteiger partial charge in [-0.3, -0.25) is 0 Å². The van der Waals surface area contributed by atoms with E-state index in [1.807, 2.05) is 12.1 Å². The van der Waals surface area contributed by atoms with E-state index in [2.05, 4.69) is 6.92 Å². The zero-order valence-electron chi connectivity index (χ0n) is 12.2. The number of unbranched alkanes of at least 4 members (excludes halogenated alkanes) is 1. The smallest absolute Gasteiger partial charge is 0.409 e. The van der Waals surface area contributed by atoms with Gasteiger partial charge in [0.25, 0.3) is 0 Å². The summed E-state index contributed by atoms with van der Waals surface area (Å²) >= 11 is 0. The van der Waals surface area contributed by atoms with Crippen molar-refractivity contribution in [2.45, 2.75) is 26.3 Å². The summed E-state index contributed by atoms with van der Waals surface area (Å²) in [6, 6.07) is 7.10. The van der Waals surface area contributed by atoms with E-state index in [9.17, 15) is 9.59 Å². The average Bonchev–Trinajstić information content (AvgIpc) is 2.50.